The first-order chi connectivity index (χ1) is 31.7. The Labute approximate surface area is 370 Å². The van der Waals surface area contributed by atoms with Crippen molar-refractivity contribution in [1.82, 2.24) is 15.0 Å². The molecule has 0 bridgehead atoms. The maximum absolute atomic E-state index is 13.7. The molecule has 0 fully saturated rings. The monoisotopic (exact) mass is 897 g/mol. The van der Waals surface area contributed by atoms with Crippen molar-refractivity contribution < 1.29 is 39.9 Å². The number of hydrogen-bond acceptors (Lipinski definition) is 10. The van der Waals surface area contributed by atoms with Gasteiger partial charge in [0.1, 0.15) is 23.5 Å². The number of anilines is 2. The van der Waals surface area contributed by atoms with Crippen LogP contribution in [0.4, 0.5) is 37.7 Å². The number of benzene rings is 4. The summed E-state index contributed by atoms with van der Waals surface area (Å²) in [6.07, 6.45) is -6.11. The molecule has 4 aromatic carbocycles. The molecule has 0 saturated heterocycles. The molecule has 16 heteroatoms. The second kappa shape index (κ2) is 17.7. The van der Waals surface area contributed by atoms with E-state index >= 15 is 0 Å². The van der Waals surface area contributed by atoms with Crippen molar-refractivity contribution in [1.29, 1.82) is 0 Å². The normalized spacial score (nSPS) is 11.8. The number of fused-ring (bicyclic) bond motifs is 2. The SMILES string of the molecule is O=c1cc(C(F)(F)F)c2ccc(NCc3cc(CNc4ccc5c(C(F)(F)F)cc(=O)oc5c4)cc(OCc4ccc(-c5cc(-c6ccccn6)nc(-c6ccccn6)c5)cc4)c3)cc2o1. The molecule has 5 heterocycles. The summed E-state index contributed by atoms with van der Waals surface area (Å²) in [5, 5.41) is 5.79. The zero-order chi connectivity index (χ0) is 46.0. The molecule has 0 spiro atoms. The number of ether oxygens (including phenoxy) is 1. The molecule has 0 atom stereocenters. The number of nitrogens with one attached hydrogen (secondary N) is 2. The van der Waals surface area contributed by atoms with Gasteiger partial charge in [-0.1, -0.05) is 42.5 Å². The summed E-state index contributed by atoms with van der Waals surface area (Å²) in [4.78, 5) is 37.8. The Morgan fingerprint density at radius 2 is 1.00 bits per heavy atom. The highest BCUT2D eigenvalue weighted by molar-refractivity contribution is 5.85. The van der Waals surface area contributed by atoms with Gasteiger partial charge < -0.3 is 24.2 Å². The number of nitrogens with zero attached hydrogens (tertiary/aromatic N) is 3. The predicted octanol–water partition coefficient (Wildman–Crippen LogP) is 11.9. The summed E-state index contributed by atoms with van der Waals surface area (Å²) in [6.45, 7) is 0.471. The van der Waals surface area contributed by atoms with Crippen LogP contribution >= 0.6 is 0 Å². The van der Waals surface area contributed by atoms with E-state index in [1.54, 1.807) is 24.5 Å². The molecule has 0 radical (unpaired) electrons. The number of aromatic nitrogens is 3. The maximum Gasteiger partial charge on any atom is 0.417 e. The van der Waals surface area contributed by atoms with Crippen LogP contribution in [-0.4, -0.2) is 15.0 Å². The maximum atomic E-state index is 13.7. The topological polar surface area (TPSA) is 132 Å². The Balaban J connectivity index is 0.973. The number of hydrogen-bond donors (Lipinski definition) is 2. The van der Waals surface area contributed by atoms with E-state index in [1.165, 1.54) is 36.4 Å². The molecule has 5 aromatic heterocycles. The molecule has 9 rings (SSSR count). The second-order valence-corrected chi connectivity index (χ2v) is 15.1. The van der Waals surface area contributed by atoms with Gasteiger partial charge in [-0.3, -0.25) is 9.97 Å². The zero-order valence-corrected chi connectivity index (χ0v) is 34.2. The second-order valence-electron chi connectivity index (χ2n) is 15.1. The molecule has 0 unspecified atom stereocenters. The van der Waals surface area contributed by atoms with Gasteiger partial charge in [-0.2, -0.15) is 26.3 Å². The van der Waals surface area contributed by atoms with E-state index < -0.39 is 34.7 Å². The van der Waals surface area contributed by atoms with E-state index in [4.69, 9.17) is 18.6 Å². The van der Waals surface area contributed by atoms with E-state index in [0.29, 0.717) is 63.2 Å². The minimum Gasteiger partial charge on any atom is -0.489 e. The average molecular weight is 898 g/mol. The van der Waals surface area contributed by atoms with Crippen molar-refractivity contribution in [2.24, 2.45) is 0 Å². The number of pyridine rings is 3. The van der Waals surface area contributed by atoms with Crippen LogP contribution in [0, 0.1) is 0 Å². The molecule has 2 N–H and O–H groups in total. The van der Waals surface area contributed by atoms with Crippen LogP contribution in [0.5, 0.6) is 5.75 Å². The van der Waals surface area contributed by atoms with Crippen molar-refractivity contribution in [2.45, 2.75) is 32.0 Å². The van der Waals surface area contributed by atoms with Gasteiger partial charge in [0.25, 0.3) is 0 Å². The van der Waals surface area contributed by atoms with Crippen LogP contribution in [-0.2, 0) is 32.0 Å². The minimum absolute atomic E-state index is 0.155. The summed E-state index contributed by atoms with van der Waals surface area (Å²) in [5.41, 5.74) is 2.62. The Kier molecular flexibility index (Phi) is 11.5. The van der Waals surface area contributed by atoms with E-state index in [2.05, 4.69) is 20.6 Å². The summed E-state index contributed by atoms with van der Waals surface area (Å²) in [7, 11) is 0. The van der Waals surface area contributed by atoms with Crippen LogP contribution in [0.2, 0.25) is 0 Å². The first kappa shape index (κ1) is 43.0. The van der Waals surface area contributed by atoms with Gasteiger partial charge in [-0.05, 0) is 101 Å². The molecule has 330 valence electrons. The molecular formula is C50H33F6N5O5. The van der Waals surface area contributed by atoms with Gasteiger partial charge in [-0.25, -0.2) is 14.6 Å². The van der Waals surface area contributed by atoms with Crippen LogP contribution in [0.15, 0.2) is 170 Å². The Bertz CT molecular complexity index is 3150. The van der Waals surface area contributed by atoms with Crippen molar-refractivity contribution in [3.05, 3.63) is 201 Å². The first-order valence-electron chi connectivity index (χ1n) is 20.2. The highest BCUT2D eigenvalue weighted by atomic mass is 19.4. The fraction of sp³-hybridized carbons (Fsp3) is 0.100. The molecule has 10 nitrogen and oxygen atoms in total. The predicted molar refractivity (Wildman–Crippen MR) is 237 cm³/mol. The molecule has 66 heavy (non-hydrogen) atoms. The molecular weight excluding hydrogens is 865 g/mol. The van der Waals surface area contributed by atoms with Crippen LogP contribution < -0.4 is 26.6 Å². The quantitative estimate of drug-likeness (QED) is 0.0902. The Morgan fingerprint density at radius 3 is 1.45 bits per heavy atom. The highest BCUT2D eigenvalue weighted by Gasteiger charge is 2.35. The lowest BCUT2D eigenvalue weighted by Gasteiger charge is -2.15. The van der Waals surface area contributed by atoms with E-state index in [-0.39, 0.29) is 41.6 Å². The van der Waals surface area contributed by atoms with Crippen LogP contribution in [0.1, 0.15) is 27.8 Å². The van der Waals surface area contributed by atoms with E-state index in [1.807, 2.05) is 78.9 Å². The van der Waals surface area contributed by atoms with E-state index in [9.17, 15) is 35.9 Å². The van der Waals surface area contributed by atoms with Crippen molar-refractivity contribution >= 4 is 33.3 Å². The van der Waals surface area contributed by atoms with Crippen molar-refractivity contribution in [3.63, 3.8) is 0 Å². The van der Waals surface area contributed by atoms with E-state index in [0.717, 1.165) is 16.7 Å². The summed E-state index contributed by atoms with van der Waals surface area (Å²) < 4.78 is 98.6. The molecule has 0 amide bonds. The fourth-order valence-electron chi connectivity index (χ4n) is 7.39. The zero-order valence-electron chi connectivity index (χ0n) is 34.2. The average Bonchev–Trinajstić information content (AvgIpc) is 3.31. The lowest BCUT2D eigenvalue weighted by atomic mass is 10.0. The van der Waals surface area contributed by atoms with Crippen LogP contribution in [0.25, 0.3) is 55.8 Å². The summed E-state index contributed by atoms with van der Waals surface area (Å²) in [6, 6.07) is 37.2. The minimum atomic E-state index is -4.77. The van der Waals surface area contributed by atoms with Gasteiger partial charge in [0, 0.05) is 71.9 Å². The third-order valence-electron chi connectivity index (χ3n) is 10.5. The number of halogens is 6. The summed E-state index contributed by atoms with van der Waals surface area (Å²) >= 11 is 0. The lowest BCUT2D eigenvalue weighted by Crippen LogP contribution is -2.11. The molecule has 0 aliphatic carbocycles. The highest BCUT2D eigenvalue weighted by Crippen LogP contribution is 2.37. The first-order valence-corrected chi connectivity index (χ1v) is 20.2. The lowest BCUT2D eigenvalue weighted by molar-refractivity contribution is -0.137. The Hall–Kier alpha value is -8.27. The molecule has 0 aliphatic rings. The molecule has 9 aromatic rings. The molecule has 0 aliphatic heterocycles. The van der Waals surface area contributed by atoms with Gasteiger partial charge >= 0.3 is 23.6 Å². The van der Waals surface area contributed by atoms with Gasteiger partial charge in [0.2, 0.25) is 0 Å². The fourth-order valence-corrected chi connectivity index (χ4v) is 7.39. The summed E-state index contributed by atoms with van der Waals surface area (Å²) in [5.74, 6) is 0.461. The Morgan fingerprint density at radius 1 is 0.500 bits per heavy atom. The number of rotatable bonds is 12. The third-order valence-corrected chi connectivity index (χ3v) is 10.5. The third kappa shape index (κ3) is 9.77. The standard InChI is InChI=1S/C50H33F6N5O5/c51-49(52,53)39-24-47(62)65-45-22-34(11-13-37(39)45)59-26-30-17-31(27-60-35-12-14-38-40(50(54,55)56)25-48(63)66-46(38)23-35)19-36(18-30)64-28-29-7-9-32(10-8-29)33-20-43(41-5-1-3-15-57-41)61-44(21-33)42-6-2-4-16-58-42/h1-25,59-60H,26-28H2. The van der Waals surface area contributed by atoms with Crippen LogP contribution in [0.3, 0.4) is 0 Å². The van der Waals surface area contributed by atoms with Gasteiger partial charge in [0.15, 0.2) is 0 Å². The smallest absolute Gasteiger partial charge is 0.417 e. The molecule has 0 saturated carbocycles. The van der Waals surface area contributed by atoms with Gasteiger partial charge in [0.05, 0.1) is 33.9 Å². The number of alkyl halides is 6. The van der Waals surface area contributed by atoms with Crippen molar-refractivity contribution in [2.75, 3.05) is 10.6 Å². The van der Waals surface area contributed by atoms with Gasteiger partial charge in [-0.15, -0.1) is 0 Å². The van der Waals surface area contributed by atoms with Crippen molar-refractivity contribution in [3.8, 4) is 39.7 Å². The largest absolute Gasteiger partial charge is 0.489 e.